The van der Waals surface area contributed by atoms with Crippen LogP contribution < -0.4 is 0 Å². The van der Waals surface area contributed by atoms with Crippen LogP contribution in [-0.2, 0) is 11.2 Å². The van der Waals surface area contributed by atoms with Gasteiger partial charge in [0.15, 0.2) is 0 Å². The van der Waals surface area contributed by atoms with Gasteiger partial charge in [-0.2, -0.15) is 0 Å². The number of halogens is 1. The van der Waals surface area contributed by atoms with Gasteiger partial charge >= 0.3 is 5.97 Å². The maximum Gasteiger partial charge on any atom is 0.306 e. The lowest BCUT2D eigenvalue weighted by Crippen LogP contribution is -2.16. The molecule has 0 aromatic heterocycles. The highest BCUT2D eigenvalue weighted by Gasteiger charge is 2.17. The summed E-state index contributed by atoms with van der Waals surface area (Å²) in [6.07, 6.45) is 0.780. The molecule has 2 nitrogen and oxygen atoms in total. The first-order chi connectivity index (χ1) is 7.06. The molecule has 1 atom stereocenters. The molecule has 0 spiro atoms. The number of carboxylic acids is 1. The zero-order valence-corrected chi connectivity index (χ0v) is 8.96. The van der Waals surface area contributed by atoms with Crippen molar-refractivity contribution in [3.05, 3.63) is 35.1 Å². The molecular weight excluding hydrogens is 195 g/mol. The van der Waals surface area contributed by atoms with E-state index in [-0.39, 0.29) is 12.2 Å². The van der Waals surface area contributed by atoms with Crippen molar-refractivity contribution in [1.82, 2.24) is 0 Å². The largest absolute Gasteiger partial charge is 0.481 e. The summed E-state index contributed by atoms with van der Waals surface area (Å²) in [5, 5.41) is 8.87. The molecular formula is C12H15FO2. The van der Waals surface area contributed by atoms with Crippen molar-refractivity contribution < 1.29 is 14.3 Å². The Morgan fingerprint density at radius 1 is 1.53 bits per heavy atom. The summed E-state index contributed by atoms with van der Waals surface area (Å²) in [7, 11) is 0. The minimum atomic E-state index is -0.863. The monoisotopic (exact) mass is 210 g/mol. The zero-order chi connectivity index (χ0) is 11.4. The number of benzene rings is 1. The van der Waals surface area contributed by atoms with Crippen molar-refractivity contribution >= 4 is 5.97 Å². The lowest BCUT2D eigenvalue weighted by molar-refractivity contribution is -0.141. The second-order valence-corrected chi connectivity index (χ2v) is 3.70. The summed E-state index contributed by atoms with van der Waals surface area (Å²) in [5.41, 5.74) is 1.05. The van der Waals surface area contributed by atoms with E-state index in [1.807, 2.05) is 0 Å². The summed E-state index contributed by atoms with van der Waals surface area (Å²) in [6.45, 7) is 3.48. The molecule has 0 aliphatic heterocycles. The van der Waals surface area contributed by atoms with E-state index in [9.17, 15) is 9.18 Å². The summed E-state index contributed by atoms with van der Waals surface area (Å²) >= 11 is 0. The van der Waals surface area contributed by atoms with Crippen molar-refractivity contribution in [3.8, 4) is 0 Å². The Morgan fingerprint density at radius 3 is 2.73 bits per heavy atom. The minimum Gasteiger partial charge on any atom is -0.481 e. The summed E-state index contributed by atoms with van der Waals surface area (Å²) in [4.78, 5) is 10.8. The van der Waals surface area contributed by atoms with Crippen molar-refractivity contribution in [2.45, 2.75) is 26.7 Å². The van der Waals surface area contributed by atoms with Crippen LogP contribution in [0.4, 0.5) is 4.39 Å². The molecule has 0 saturated carbocycles. The van der Waals surface area contributed by atoms with E-state index in [1.165, 1.54) is 0 Å². The lowest BCUT2D eigenvalue weighted by Gasteiger charge is -2.11. The first-order valence-electron chi connectivity index (χ1n) is 5.03. The molecule has 82 valence electrons. The second kappa shape index (κ2) is 4.91. The first kappa shape index (κ1) is 11.7. The molecule has 0 amide bonds. The lowest BCUT2D eigenvalue weighted by atomic mass is 9.96. The summed E-state index contributed by atoms with van der Waals surface area (Å²) < 4.78 is 13.6. The molecule has 0 saturated heterocycles. The van der Waals surface area contributed by atoms with Gasteiger partial charge in [0.2, 0.25) is 0 Å². The van der Waals surface area contributed by atoms with Crippen LogP contribution in [0.1, 0.15) is 24.5 Å². The van der Waals surface area contributed by atoms with Crippen LogP contribution in [0.25, 0.3) is 0 Å². The molecule has 15 heavy (non-hydrogen) atoms. The van der Waals surface area contributed by atoms with Crippen LogP contribution in [0.3, 0.4) is 0 Å². The molecule has 1 aromatic rings. The molecule has 0 heterocycles. The molecule has 0 aliphatic rings. The van der Waals surface area contributed by atoms with Crippen LogP contribution in [-0.4, -0.2) is 11.1 Å². The van der Waals surface area contributed by atoms with Gasteiger partial charge in [-0.05, 0) is 30.9 Å². The number of aliphatic carboxylic acids is 1. The van der Waals surface area contributed by atoms with Crippen LogP contribution in [0.2, 0.25) is 0 Å². The fourth-order valence-corrected chi connectivity index (χ4v) is 1.54. The average molecular weight is 210 g/mol. The molecule has 1 rings (SSSR count). The highest BCUT2D eigenvalue weighted by Crippen LogP contribution is 2.18. The van der Waals surface area contributed by atoms with E-state index in [2.05, 4.69) is 0 Å². The number of carbonyl (C=O) groups is 1. The number of hydrogen-bond donors (Lipinski definition) is 1. The maximum atomic E-state index is 13.6. The van der Waals surface area contributed by atoms with Crippen LogP contribution in [0.5, 0.6) is 0 Å². The third kappa shape index (κ3) is 2.78. The predicted octanol–water partition coefficient (Wildman–Crippen LogP) is 2.79. The maximum absolute atomic E-state index is 13.6. The smallest absolute Gasteiger partial charge is 0.306 e. The third-order valence-corrected chi connectivity index (χ3v) is 2.58. The van der Waals surface area contributed by atoms with E-state index in [0.29, 0.717) is 17.5 Å². The highest BCUT2D eigenvalue weighted by molar-refractivity contribution is 5.70. The summed E-state index contributed by atoms with van der Waals surface area (Å²) in [6, 6.07) is 5.08. The topological polar surface area (TPSA) is 37.3 Å². The third-order valence-electron chi connectivity index (χ3n) is 2.58. The van der Waals surface area contributed by atoms with E-state index in [0.717, 1.165) is 0 Å². The Kier molecular flexibility index (Phi) is 3.83. The van der Waals surface area contributed by atoms with Gasteiger partial charge in [-0.15, -0.1) is 0 Å². The van der Waals surface area contributed by atoms with Gasteiger partial charge in [0.05, 0.1) is 5.92 Å². The van der Waals surface area contributed by atoms with Gasteiger partial charge in [0.1, 0.15) is 5.82 Å². The Balaban J connectivity index is 2.88. The molecule has 0 aliphatic carbocycles. The average Bonchev–Trinajstić information content (AvgIpc) is 2.19. The fraction of sp³-hybridized carbons (Fsp3) is 0.417. The van der Waals surface area contributed by atoms with Gasteiger partial charge in [-0.25, -0.2) is 4.39 Å². The SMILES string of the molecule is CCC(Cc1cccc(C)c1F)C(=O)O. The van der Waals surface area contributed by atoms with Crippen LogP contribution in [0, 0.1) is 18.7 Å². The standard InChI is InChI=1S/C12H15FO2/c1-3-9(12(14)15)7-10-6-4-5-8(2)11(10)13/h4-6,9H,3,7H2,1-2H3,(H,14,15). The molecule has 3 heteroatoms. The van der Waals surface area contributed by atoms with Crippen molar-refractivity contribution in [2.75, 3.05) is 0 Å². The van der Waals surface area contributed by atoms with E-state index < -0.39 is 11.9 Å². The van der Waals surface area contributed by atoms with Crippen molar-refractivity contribution in [1.29, 1.82) is 0 Å². The Morgan fingerprint density at radius 2 is 2.20 bits per heavy atom. The Hall–Kier alpha value is -1.38. The van der Waals surface area contributed by atoms with Crippen LogP contribution in [0.15, 0.2) is 18.2 Å². The number of aryl methyl sites for hydroxylation is 1. The van der Waals surface area contributed by atoms with Crippen molar-refractivity contribution in [3.63, 3.8) is 0 Å². The fourth-order valence-electron chi connectivity index (χ4n) is 1.54. The molecule has 0 fully saturated rings. The van der Waals surface area contributed by atoms with E-state index in [1.54, 1.807) is 32.0 Å². The highest BCUT2D eigenvalue weighted by atomic mass is 19.1. The summed E-state index contributed by atoms with van der Waals surface area (Å²) in [5.74, 6) is -1.64. The van der Waals surface area contributed by atoms with Gasteiger partial charge in [-0.1, -0.05) is 25.1 Å². The van der Waals surface area contributed by atoms with E-state index in [4.69, 9.17) is 5.11 Å². The molecule has 0 radical (unpaired) electrons. The van der Waals surface area contributed by atoms with Crippen molar-refractivity contribution in [2.24, 2.45) is 5.92 Å². The van der Waals surface area contributed by atoms with Gasteiger partial charge < -0.3 is 5.11 Å². The second-order valence-electron chi connectivity index (χ2n) is 3.70. The Bertz CT molecular complexity index is 361. The van der Waals surface area contributed by atoms with Crippen LogP contribution >= 0.6 is 0 Å². The number of hydrogen-bond acceptors (Lipinski definition) is 1. The molecule has 1 N–H and O–H groups in total. The molecule has 0 bridgehead atoms. The number of carboxylic acid groups (broad SMARTS) is 1. The van der Waals surface area contributed by atoms with Gasteiger partial charge in [-0.3, -0.25) is 4.79 Å². The van der Waals surface area contributed by atoms with E-state index >= 15 is 0 Å². The molecule has 1 unspecified atom stereocenters. The van der Waals surface area contributed by atoms with Gasteiger partial charge in [0.25, 0.3) is 0 Å². The normalized spacial score (nSPS) is 12.5. The zero-order valence-electron chi connectivity index (χ0n) is 8.96. The van der Waals surface area contributed by atoms with Gasteiger partial charge in [0, 0.05) is 0 Å². The number of rotatable bonds is 4. The minimum absolute atomic E-state index is 0.263. The molecule has 1 aromatic carbocycles. The quantitative estimate of drug-likeness (QED) is 0.829. The predicted molar refractivity (Wildman–Crippen MR) is 56.3 cm³/mol. The first-order valence-corrected chi connectivity index (χ1v) is 5.03. The Labute approximate surface area is 88.7 Å².